The SMILES string of the molecule is CC1CC(N2CCCC(C3CCCN3)C2)CS1. The molecule has 3 saturated heterocycles. The first-order valence-electron chi connectivity index (χ1n) is 7.42. The van der Waals surface area contributed by atoms with Crippen LogP contribution in [0.4, 0.5) is 0 Å². The summed E-state index contributed by atoms with van der Waals surface area (Å²) >= 11 is 2.18. The Balaban J connectivity index is 1.55. The van der Waals surface area contributed by atoms with Gasteiger partial charge in [-0.1, -0.05) is 6.92 Å². The molecule has 1 N–H and O–H groups in total. The highest BCUT2D eigenvalue weighted by Gasteiger charge is 2.34. The van der Waals surface area contributed by atoms with Gasteiger partial charge in [0, 0.05) is 29.6 Å². The predicted octanol–water partition coefficient (Wildman–Crippen LogP) is 2.34. The summed E-state index contributed by atoms with van der Waals surface area (Å²) in [4.78, 5) is 2.81. The van der Waals surface area contributed by atoms with Crippen LogP contribution in [0.2, 0.25) is 0 Å². The summed E-state index contributed by atoms with van der Waals surface area (Å²) < 4.78 is 0. The van der Waals surface area contributed by atoms with Gasteiger partial charge in [0.2, 0.25) is 0 Å². The fourth-order valence-corrected chi connectivity index (χ4v) is 5.12. The van der Waals surface area contributed by atoms with E-state index in [2.05, 4.69) is 28.9 Å². The van der Waals surface area contributed by atoms with Crippen molar-refractivity contribution in [3.05, 3.63) is 0 Å². The lowest BCUT2D eigenvalue weighted by Gasteiger charge is -2.39. The third-order valence-corrected chi connectivity index (χ3v) is 6.19. The standard InChI is InChI=1S/C14H26N2S/c1-11-8-13(10-17-11)16-7-3-4-12(9-16)14-5-2-6-15-14/h11-15H,2-10H2,1H3. The molecule has 0 aromatic rings. The molecule has 0 radical (unpaired) electrons. The third kappa shape index (κ3) is 2.82. The average Bonchev–Trinajstić information content (AvgIpc) is 3.00. The number of thioether (sulfide) groups is 1. The van der Waals surface area contributed by atoms with E-state index in [4.69, 9.17) is 0 Å². The predicted molar refractivity (Wildman–Crippen MR) is 75.6 cm³/mol. The Bertz CT molecular complexity index is 253. The summed E-state index contributed by atoms with van der Waals surface area (Å²) in [5.41, 5.74) is 0. The van der Waals surface area contributed by atoms with Crippen molar-refractivity contribution in [2.24, 2.45) is 5.92 Å². The average molecular weight is 254 g/mol. The van der Waals surface area contributed by atoms with E-state index in [1.54, 1.807) is 0 Å². The molecule has 0 aromatic carbocycles. The van der Waals surface area contributed by atoms with Crippen LogP contribution in [0.3, 0.4) is 0 Å². The Kier molecular flexibility index (Phi) is 3.98. The zero-order valence-electron chi connectivity index (χ0n) is 11.0. The number of hydrogen-bond acceptors (Lipinski definition) is 3. The molecule has 3 aliphatic rings. The van der Waals surface area contributed by atoms with E-state index in [1.165, 1.54) is 57.5 Å². The first-order valence-corrected chi connectivity index (χ1v) is 8.47. The minimum atomic E-state index is 0.837. The lowest BCUT2D eigenvalue weighted by Crippen LogP contribution is -2.47. The van der Waals surface area contributed by atoms with Gasteiger partial charge < -0.3 is 5.32 Å². The summed E-state index contributed by atoms with van der Waals surface area (Å²) in [5, 5.41) is 4.61. The maximum absolute atomic E-state index is 3.71. The summed E-state index contributed by atoms with van der Waals surface area (Å²) in [6, 6.07) is 1.73. The monoisotopic (exact) mass is 254 g/mol. The Morgan fingerprint density at radius 1 is 1.24 bits per heavy atom. The van der Waals surface area contributed by atoms with E-state index < -0.39 is 0 Å². The fraction of sp³-hybridized carbons (Fsp3) is 1.00. The highest BCUT2D eigenvalue weighted by molar-refractivity contribution is 8.00. The smallest absolute Gasteiger partial charge is 0.0197 e. The van der Waals surface area contributed by atoms with Gasteiger partial charge in [-0.05, 0) is 51.1 Å². The van der Waals surface area contributed by atoms with Crippen LogP contribution >= 0.6 is 11.8 Å². The molecule has 3 rings (SSSR count). The van der Waals surface area contributed by atoms with Crippen molar-refractivity contribution < 1.29 is 0 Å². The molecule has 0 amide bonds. The molecule has 98 valence electrons. The van der Waals surface area contributed by atoms with E-state index in [-0.39, 0.29) is 0 Å². The Hall–Kier alpha value is 0.270. The van der Waals surface area contributed by atoms with E-state index in [0.717, 1.165) is 23.3 Å². The fourth-order valence-electron chi connectivity index (χ4n) is 3.86. The quantitative estimate of drug-likeness (QED) is 0.814. The highest BCUT2D eigenvalue weighted by atomic mass is 32.2. The van der Waals surface area contributed by atoms with Gasteiger partial charge in [-0.15, -0.1) is 0 Å². The third-order valence-electron chi connectivity index (χ3n) is 4.85. The molecule has 0 aromatic heterocycles. The molecular formula is C14H26N2S. The molecule has 3 heterocycles. The molecule has 4 unspecified atom stereocenters. The number of nitrogens with zero attached hydrogens (tertiary/aromatic N) is 1. The molecule has 17 heavy (non-hydrogen) atoms. The van der Waals surface area contributed by atoms with E-state index in [0.29, 0.717) is 0 Å². The van der Waals surface area contributed by atoms with E-state index >= 15 is 0 Å². The molecule has 0 aliphatic carbocycles. The van der Waals surface area contributed by atoms with Crippen LogP contribution in [0, 0.1) is 5.92 Å². The van der Waals surface area contributed by atoms with Gasteiger partial charge in [-0.2, -0.15) is 11.8 Å². The molecule has 4 atom stereocenters. The normalized spacial score (nSPS) is 44.3. The van der Waals surface area contributed by atoms with Gasteiger partial charge in [0.25, 0.3) is 0 Å². The molecule has 3 aliphatic heterocycles. The first kappa shape index (κ1) is 12.3. The van der Waals surface area contributed by atoms with E-state index in [9.17, 15) is 0 Å². The summed E-state index contributed by atoms with van der Waals surface area (Å²) in [5.74, 6) is 2.32. The Morgan fingerprint density at radius 3 is 2.88 bits per heavy atom. The highest BCUT2D eigenvalue weighted by Crippen LogP contribution is 2.33. The van der Waals surface area contributed by atoms with Gasteiger partial charge in [-0.25, -0.2) is 0 Å². The van der Waals surface area contributed by atoms with Crippen molar-refractivity contribution >= 4 is 11.8 Å². The van der Waals surface area contributed by atoms with Crippen molar-refractivity contribution in [1.82, 2.24) is 10.2 Å². The number of piperidine rings is 1. The van der Waals surface area contributed by atoms with Crippen LogP contribution in [-0.4, -0.2) is 47.6 Å². The van der Waals surface area contributed by atoms with Gasteiger partial charge in [0.15, 0.2) is 0 Å². The lowest BCUT2D eigenvalue weighted by molar-refractivity contribution is 0.115. The number of nitrogens with one attached hydrogen (secondary N) is 1. The lowest BCUT2D eigenvalue weighted by atomic mass is 9.89. The maximum Gasteiger partial charge on any atom is 0.0197 e. The molecule has 3 heteroatoms. The molecular weight excluding hydrogens is 228 g/mol. The molecule has 0 bridgehead atoms. The number of likely N-dealkylation sites (tertiary alicyclic amines) is 1. The molecule has 0 spiro atoms. The zero-order valence-corrected chi connectivity index (χ0v) is 11.8. The maximum atomic E-state index is 3.71. The van der Waals surface area contributed by atoms with Gasteiger partial charge in [0.05, 0.1) is 0 Å². The molecule has 2 nitrogen and oxygen atoms in total. The second-order valence-electron chi connectivity index (χ2n) is 6.13. The minimum Gasteiger partial charge on any atom is -0.314 e. The second-order valence-corrected chi connectivity index (χ2v) is 7.60. The number of hydrogen-bond donors (Lipinski definition) is 1. The minimum absolute atomic E-state index is 0.837. The first-order chi connectivity index (χ1) is 8.33. The molecule has 0 saturated carbocycles. The van der Waals surface area contributed by atoms with Crippen molar-refractivity contribution in [2.75, 3.05) is 25.4 Å². The van der Waals surface area contributed by atoms with Crippen LogP contribution in [-0.2, 0) is 0 Å². The van der Waals surface area contributed by atoms with Gasteiger partial charge in [0.1, 0.15) is 0 Å². The van der Waals surface area contributed by atoms with Crippen molar-refractivity contribution in [1.29, 1.82) is 0 Å². The summed E-state index contributed by atoms with van der Waals surface area (Å²) in [6.07, 6.45) is 7.14. The topological polar surface area (TPSA) is 15.3 Å². The zero-order chi connectivity index (χ0) is 11.7. The second kappa shape index (κ2) is 5.50. The Labute approximate surface area is 110 Å². The van der Waals surface area contributed by atoms with Gasteiger partial charge >= 0.3 is 0 Å². The largest absolute Gasteiger partial charge is 0.314 e. The number of rotatable bonds is 2. The summed E-state index contributed by atoms with van der Waals surface area (Å²) in [7, 11) is 0. The van der Waals surface area contributed by atoms with Crippen LogP contribution in [0.1, 0.15) is 39.0 Å². The van der Waals surface area contributed by atoms with Gasteiger partial charge in [-0.3, -0.25) is 4.90 Å². The van der Waals surface area contributed by atoms with Crippen molar-refractivity contribution in [3.8, 4) is 0 Å². The molecule has 3 fully saturated rings. The van der Waals surface area contributed by atoms with Crippen molar-refractivity contribution in [3.63, 3.8) is 0 Å². The van der Waals surface area contributed by atoms with E-state index in [1.807, 2.05) is 0 Å². The Morgan fingerprint density at radius 2 is 2.18 bits per heavy atom. The van der Waals surface area contributed by atoms with Crippen LogP contribution in [0.15, 0.2) is 0 Å². The van der Waals surface area contributed by atoms with Crippen LogP contribution < -0.4 is 5.32 Å². The summed E-state index contributed by atoms with van der Waals surface area (Å²) in [6.45, 7) is 6.39. The van der Waals surface area contributed by atoms with Crippen LogP contribution in [0.25, 0.3) is 0 Å². The van der Waals surface area contributed by atoms with Crippen molar-refractivity contribution in [2.45, 2.75) is 56.4 Å². The van der Waals surface area contributed by atoms with Crippen LogP contribution in [0.5, 0.6) is 0 Å².